The second-order valence-corrected chi connectivity index (χ2v) is 20.6. The first-order chi connectivity index (χ1) is 38.2. The molecule has 16 rings (SSSR count). The van der Waals surface area contributed by atoms with E-state index in [1.54, 1.807) is 0 Å². The fraction of sp³-hybridized carbons (Fsp3) is 0.0270. The van der Waals surface area contributed by atoms with Crippen molar-refractivity contribution in [3.8, 4) is 78.6 Å². The molecular weight excluding hydrogens is 935 g/mol. The van der Waals surface area contributed by atoms with Gasteiger partial charge in [0.1, 0.15) is 23.0 Å². The van der Waals surface area contributed by atoms with Gasteiger partial charge in [0.15, 0.2) is 0 Å². The lowest BCUT2D eigenvalue weighted by atomic mass is 9.66. The SMILES string of the molecule is c1ccc(-c2ccc(-c3ccccc3N(c3ccc(-c4ccc5c(c4)C4(c6ccccc6Oc6ccccc64)c4ccccc4-5)cc3)c3cccc4c3-c3ccccc3C43c4ccccc4Oc4ccccc43)cc2)cc1. The summed E-state index contributed by atoms with van der Waals surface area (Å²) in [5.74, 6) is 3.54. The van der Waals surface area contributed by atoms with Crippen LogP contribution in [-0.4, -0.2) is 0 Å². The zero-order chi connectivity index (χ0) is 50.7. The van der Waals surface area contributed by atoms with Crippen LogP contribution in [0.15, 0.2) is 285 Å². The second kappa shape index (κ2) is 16.8. The van der Waals surface area contributed by atoms with Gasteiger partial charge in [-0.3, -0.25) is 0 Å². The molecule has 0 aromatic heterocycles. The maximum Gasteiger partial charge on any atom is 0.132 e. The van der Waals surface area contributed by atoms with Crippen molar-refractivity contribution in [2.24, 2.45) is 0 Å². The van der Waals surface area contributed by atoms with Crippen molar-refractivity contribution >= 4 is 17.1 Å². The molecule has 4 aliphatic rings. The Balaban J connectivity index is 0.898. The van der Waals surface area contributed by atoms with Gasteiger partial charge in [-0.15, -0.1) is 0 Å². The van der Waals surface area contributed by atoms with Gasteiger partial charge in [-0.25, -0.2) is 0 Å². The van der Waals surface area contributed by atoms with Crippen LogP contribution in [0.4, 0.5) is 17.1 Å². The molecule has 360 valence electrons. The van der Waals surface area contributed by atoms with Crippen molar-refractivity contribution in [1.29, 1.82) is 0 Å². The third kappa shape index (κ3) is 6.14. The van der Waals surface area contributed by atoms with Gasteiger partial charge in [0.2, 0.25) is 0 Å². The van der Waals surface area contributed by atoms with E-state index < -0.39 is 10.8 Å². The first-order valence-corrected chi connectivity index (χ1v) is 26.6. The molecule has 2 heterocycles. The molecule has 0 fully saturated rings. The molecule has 12 aromatic rings. The number of fused-ring (bicyclic) bond motifs is 18. The van der Waals surface area contributed by atoms with Crippen molar-refractivity contribution in [2.45, 2.75) is 10.8 Å². The molecule has 0 radical (unpaired) electrons. The highest BCUT2D eigenvalue weighted by Gasteiger charge is 2.53. The van der Waals surface area contributed by atoms with E-state index in [0.29, 0.717) is 0 Å². The zero-order valence-corrected chi connectivity index (χ0v) is 41.9. The van der Waals surface area contributed by atoms with E-state index in [2.05, 4.69) is 290 Å². The molecule has 2 aliphatic carbocycles. The number of hydrogen-bond acceptors (Lipinski definition) is 3. The Bertz CT molecular complexity index is 4250. The fourth-order valence-electron chi connectivity index (χ4n) is 13.7. The van der Waals surface area contributed by atoms with E-state index in [9.17, 15) is 0 Å². The summed E-state index contributed by atoms with van der Waals surface area (Å²) >= 11 is 0. The predicted molar refractivity (Wildman–Crippen MR) is 312 cm³/mol. The van der Waals surface area contributed by atoms with Gasteiger partial charge < -0.3 is 14.4 Å². The highest BCUT2D eigenvalue weighted by molar-refractivity contribution is 6.01. The van der Waals surface area contributed by atoms with Crippen LogP contribution >= 0.6 is 0 Å². The lowest BCUT2D eigenvalue weighted by molar-refractivity contribution is 0.436. The van der Waals surface area contributed by atoms with Crippen molar-refractivity contribution < 1.29 is 9.47 Å². The average Bonchev–Trinajstić information content (AvgIpc) is 4.13. The monoisotopic (exact) mass is 981 g/mol. The quantitative estimate of drug-likeness (QED) is 0.166. The minimum atomic E-state index is -0.619. The molecule has 0 saturated carbocycles. The minimum Gasteiger partial charge on any atom is -0.457 e. The summed E-state index contributed by atoms with van der Waals surface area (Å²) in [5.41, 5.74) is 23.6. The molecule has 3 nitrogen and oxygen atoms in total. The van der Waals surface area contributed by atoms with Gasteiger partial charge in [-0.05, 0) is 121 Å². The molecule has 77 heavy (non-hydrogen) atoms. The normalized spacial score (nSPS) is 13.9. The standard InChI is InChI=1S/C74H47NO2/c1-2-19-48(20-3-1)49-37-39-51(40-38-49)54-21-6-13-31-66(54)75(67-32-18-30-64-72(67)57-23-5-8-25-59(57)73(64)60-26-9-14-33-68(60)76-69-34-15-10-27-61(69)73)53-44-41-50(42-45-53)52-43-46-56-55-22-4-7-24-58(55)74(65(56)47-52)62-28-11-16-35-70(62)77-71-36-17-12-29-63(71)74/h1-47H. The van der Waals surface area contributed by atoms with Gasteiger partial charge in [-0.2, -0.15) is 0 Å². The number of para-hydroxylation sites is 5. The Hall–Kier alpha value is -9.96. The molecule has 0 amide bonds. The van der Waals surface area contributed by atoms with Crippen LogP contribution < -0.4 is 14.4 Å². The van der Waals surface area contributed by atoms with E-state index in [1.807, 2.05) is 0 Å². The Morgan fingerprint density at radius 3 is 1.23 bits per heavy atom. The summed E-state index contributed by atoms with van der Waals surface area (Å²) in [6, 6.07) is 104. The average molecular weight is 982 g/mol. The molecule has 2 aliphatic heterocycles. The molecule has 0 unspecified atom stereocenters. The Morgan fingerprint density at radius 2 is 0.623 bits per heavy atom. The predicted octanol–water partition coefficient (Wildman–Crippen LogP) is 19.1. The summed E-state index contributed by atoms with van der Waals surface area (Å²) in [4.78, 5) is 2.50. The van der Waals surface area contributed by atoms with Gasteiger partial charge in [0.25, 0.3) is 0 Å². The van der Waals surface area contributed by atoms with Crippen LogP contribution in [0, 0.1) is 0 Å². The Morgan fingerprint density at radius 1 is 0.234 bits per heavy atom. The zero-order valence-electron chi connectivity index (χ0n) is 41.9. The van der Waals surface area contributed by atoms with Crippen molar-refractivity contribution in [2.75, 3.05) is 4.90 Å². The lowest BCUT2D eigenvalue weighted by Crippen LogP contribution is -2.32. The number of rotatable bonds is 6. The summed E-state index contributed by atoms with van der Waals surface area (Å²) in [5, 5.41) is 0. The van der Waals surface area contributed by atoms with Gasteiger partial charge in [-0.1, -0.05) is 231 Å². The number of nitrogens with zero attached hydrogens (tertiary/aromatic N) is 1. The summed E-state index contributed by atoms with van der Waals surface area (Å²) in [6.07, 6.45) is 0. The maximum absolute atomic E-state index is 6.75. The van der Waals surface area contributed by atoms with Crippen molar-refractivity contribution in [3.05, 3.63) is 330 Å². The van der Waals surface area contributed by atoms with Crippen LogP contribution in [0.25, 0.3) is 55.6 Å². The molecule has 0 saturated heterocycles. The van der Waals surface area contributed by atoms with E-state index in [4.69, 9.17) is 9.47 Å². The van der Waals surface area contributed by atoms with Crippen LogP contribution in [0.2, 0.25) is 0 Å². The molecule has 0 atom stereocenters. The fourth-order valence-corrected chi connectivity index (χ4v) is 13.7. The molecule has 3 heteroatoms. The largest absolute Gasteiger partial charge is 0.457 e. The topological polar surface area (TPSA) is 21.7 Å². The number of hydrogen-bond donors (Lipinski definition) is 0. The smallest absolute Gasteiger partial charge is 0.132 e. The number of benzene rings is 12. The molecule has 0 N–H and O–H groups in total. The first kappa shape index (κ1) is 43.4. The highest BCUT2D eigenvalue weighted by Crippen LogP contribution is 2.65. The molecule has 0 bridgehead atoms. The van der Waals surface area contributed by atoms with Crippen LogP contribution in [-0.2, 0) is 10.8 Å². The minimum absolute atomic E-state index is 0.556. The highest BCUT2D eigenvalue weighted by atomic mass is 16.5. The van der Waals surface area contributed by atoms with Gasteiger partial charge in [0.05, 0.1) is 22.2 Å². The van der Waals surface area contributed by atoms with Crippen molar-refractivity contribution in [1.82, 2.24) is 0 Å². The lowest BCUT2D eigenvalue weighted by Gasteiger charge is -2.39. The number of ether oxygens (including phenoxy) is 2. The van der Waals surface area contributed by atoms with Gasteiger partial charge >= 0.3 is 0 Å². The van der Waals surface area contributed by atoms with E-state index in [0.717, 1.165) is 84.6 Å². The first-order valence-electron chi connectivity index (χ1n) is 26.6. The molecule has 2 spiro atoms. The van der Waals surface area contributed by atoms with Crippen LogP contribution in [0.3, 0.4) is 0 Å². The van der Waals surface area contributed by atoms with Gasteiger partial charge in [0, 0.05) is 39.1 Å². The number of anilines is 3. The maximum atomic E-state index is 6.75. The molecular formula is C74H47NO2. The van der Waals surface area contributed by atoms with Crippen molar-refractivity contribution in [3.63, 3.8) is 0 Å². The second-order valence-electron chi connectivity index (χ2n) is 20.6. The van der Waals surface area contributed by atoms with E-state index >= 15 is 0 Å². The summed E-state index contributed by atoms with van der Waals surface area (Å²) < 4.78 is 13.4. The summed E-state index contributed by atoms with van der Waals surface area (Å²) in [6.45, 7) is 0. The van der Waals surface area contributed by atoms with E-state index in [1.165, 1.54) is 55.6 Å². The molecule has 12 aromatic carbocycles. The summed E-state index contributed by atoms with van der Waals surface area (Å²) in [7, 11) is 0. The van der Waals surface area contributed by atoms with Crippen LogP contribution in [0.5, 0.6) is 23.0 Å². The third-order valence-electron chi connectivity index (χ3n) is 16.8. The Labute approximate surface area is 448 Å². The third-order valence-corrected chi connectivity index (χ3v) is 16.8. The Kier molecular flexibility index (Phi) is 9.47. The van der Waals surface area contributed by atoms with E-state index in [-0.39, 0.29) is 0 Å². The van der Waals surface area contributed by atoms with Crippen LogP contribution in [0.1, 0.15) is 44.5 Å².